The summed E-state index contributed by atoms with van der Waals surface area (Å²) in [6.07, 6.45) is 8.88. The summed E-state index contributed by atoms with van der Waals surface area (Å²) < 4.78 is 5.62. The zero-order chi connectivity index (χ0) is 13.1. The van der Waals surface area contributed by atoms with Gasteiger partial charge in [0.15, 0.2) is 12.4 Å². The van der Waals surface area contributed by atoms with Crippen molar-refractivity contribution in [2.45, 2.75) is 58.0 Å². The number of para-hydroxylation sites is 1. The smallest absolute Gasteiger partial charge is 0.160 e. The highest BCUT2D eigenvalue weighted by Crippen LogP contribution is 2.14. The summed E-state index contributed by atoms with van der Waals surface area (Å²) in [5.74, 6) is 0.778. The molecule has 0 saturated heterocycles. The molecule has 1 rings (SSSR count). The molecule has 1 aromatic rings. The Morgan fingerprint density at radius 3 is 2.39 bits per heavy atom. The maximum atomic E-state index is 11.0. The van der Waals surface area contributed by atoms with Gasteiger partial charge in [-0.15, -0.1) is 0 Å². The van der Waals surface area contributed by atoms with Crippen LogP contribution in [-0.2, 0) is 4.79 Å². The predicted octanol–water partition coefficient (Wildman–Crippen LogP) is 4.38. The van der Waals surface area contributed by atoms with E-state index in [0.717, 1.165) is 24.9 Å². The number of carbonyl (C=O) groups excluding carboxylic acids is 1. The van der Waals surface area contributed by atoms with E-state index in [9.17, 15) is 4.79 Å². The third kappa shape index (κ3) is 6.43. The molecule has 2 heteroatoms. The second-order valence-corrected chi connectivity index (χ2v) is 4.66. The number of rotatable bonds is 10. The first kappa shape index (κ1) is 14.7. The second kappa shape index (κ2) is 9.69. The Morgan fingerprint density at radius 2 is 1.72 bits per heavy atom. The third-order valence-corrected chi connectivity index (χ3v) is 3.02. The molecule has 0 spiro atoms. The number of unbranched alkanes of at least 4 members (excludes halogenated alkanes) is 5. The zero-order valence-corrected chi connectivity index (χ0v) is 11.3. The normalized spacial score (nSPS) is 12.1. The summed E-state index contributed by atoms with van der Waals surface area (Å²) in [7, 11) is 0. The summed E-state index contributed by atoms with van der Waals surface area (Å²) in [5, 5.41) is 0. The van der Waals surface area contributed by atoms with Gasteiger partial charge in [-0.1, -0.05) is 57.2 Å². The van der Waals surface area contributed by atoms with Gasteiger partial charge < -0.3 is 4.74 Å². The molecule has 0 aliphatic heterocycles. The van der Waals surface area contributed by atoms with Gasteiger partial charge in [0, 0.05) is 0 Å². The van der Waals surface area contributed by atoms with Crippen LogP contribution in [0.25, 0.3) is 0 Å². The predicted molar refractivity (Wildman–Crippen MR) is 74.9 cm³/mol. The minimum Gasteiger partial charge on any atom is -0.483 e. The summed E-state index contributed by atoms with van der Waals surface area (Å²) in [4.78, 5) is 11.0. The number of ether oxygens (including phenoxy) is 1. The highest BCUT2D eigenvalue weighted by molar-refractivity contribution is 5.56. The van der Waals surface area contributed by atoms with Crippen molar-refractivity contribution in [3.63, 3.8) is 0 Å². The standard InChI is InChI=1S/C16H24O2/c1-2-3-4-5-6-8-13-16(14-17)18-15-11-9-7-10-12-15/h7,9-12,14,16H,2-6,8,13H2,1H3. The van der Waals surface area contributed by atoms with Crippen molar-refractivity contribution in [3.05, 3.63) is 30.3 Å². The molecule has 0 aliphatic carbocycles. The van der Waals surface area contributed by atoms with Crippen LogP contribution in [0, 0.1) is 0 Å². The van der Waals surface area contributed by atoms with E-state index in [2.05, 4.69) is 6.92 Å². The minimum atomic E-state index is -0.293. The number of carbonyl (C=O) groups is 1. The average Bonchev–Trinajstić information content (AvgIpc) is 2.42. The van der Waals surface area contributed by atoms with Crippen LogP contribution >= 0.6 is 0 Å². The van der Waals surface area contributed by atoms with Crippen molar-refractivity contribution >= 4 is 6.29 Å². The van der Waals surface area contributed by atoms with E-state index < -0.39 is 0 Å². The van der Waals surface area contributed by atoms with Crippen LogP contribution in [-0.4, -0.2) is 12.4 Å². The lowest BCUT2D eigenvalue weighted by Gasteiger charge is -2.13. The first-order valence-corrected chi connectivity index (χ1v) is 7.03. The van der Waals surface area contributed by atoms with Gasteiger partial charge >= 0.3 is 0 Å². The van der Waals surface area contributed by atoms with Crippen LogP contribution < -0.4 is 4.74 Å². The fraction of sp³-hybridized carbons (Fsp3) is 0.562. The fourth-order valence-corrected chi connectivity index (χ4v) is 1.95. The van der Waals surface area contributed by atoms with Crippen molar-refractivity contribution in [2.24, 2.45) is 0 Å². The Hall–Kier alpha value is -1.31. The van der Waals surface area contributed by atoms with Crippen molar-refractivity contribution in [1.82, 2.24) is 0 Å². The lowest BCUT2D eigenvalue weighted by atomic mass is 10.1. The molecule has 0 heterocycles. The molecule has 1 unspecified atom stereocenters. The monoisotopic (exact) mass is 248 g/mol. The van der Waals surface area contributed by atoms with Gasteiger partial charge in [-0.2, -0.15) is 0 Å². The van der Waals surface area contributed by atoms with E-state index >= 15 is 0 Å². The van der Waals surface area contributed by atoms with Crippen LogP contribution in [0.2, 0.25) is 0 Å². The number of aldehydes is 1. The molecule has 0 fully saturated rings. The summed E-state index contributed by atoms with van der Waals surface area (Å²) in [5.41, 5.74) is 0. The molecular weight excluding hydrogens is 224 g/mol. The Morgan fingerprint density at radius 1 is 1.06 bits per heavy atom. The molecule has 0 aromatic heterocycles. The molecule has 0 N–H and O–H groups in total. The lowest BCUT2D eigenvalue weighted by molar-refractivity contribution is -0.114. The van der Waals surface area contributed by atoms with Crippen LogP contribution in [0.5, 0.6) is 5.75 Å². The molecule has 100 valence electrons. The fourth-order valence-electron chi connectivity index (χ4n) is 1.95. The molecule has 1 atom stereocenters. The van der Waals surface area contributed by atoms with E-state index in [1.54, 1.807) is 0 Å². The Kier molecular flexibility index (Phi) is 7.94. The minimum absolute atomic E-state index is 0.293. The molecule has 1 aromatic carbocycles. The summed E-state index contributed by atoms with van der Waals surface area (Å²) in [6, 6.07) is 9.55. The van der Waals surface area contributed by atoms with Crippen molar-refractivity contribution < 1.29 is 9.53 Å². The molecule has 0 amide bonds. The Balaban J connectivity index is 2.16. The quantitative estimate of drug-likeness (QED) is 0.453. The van der Waals surface area contributed by atoms with Crippen molar-refractivity contribution in [1.29, 1.82) is 0 Å². The Labute approximate surface area is 110 Å². The molecule has 18 heavy (non-hydrogen) atoms. The van der Waals surface area contributed by atoms with Gasteiger partial charge in [-0.05, 0) is 25.0 Å². The van der Waals surface area contributed by atoms with E-state index in [1.807, 2.05) is 30.3 Å². The zero-order valence-electron chi connectivity index (χ0n) is 11.3. The summed E-state index contributed by atoms with van der Waals surface area (Å²) >= 11 is 0. The van der Waals surface area contributed by atoms with E-state index in [0.29, 0.717) is 0 Å². The molecule has 0 radical (unpaired) electrons. The molecule has 0 bridgehead atoms. The summed E-state index contributed by atoms with van der Waals surface area (Å²) in [6.45, 7) is 2.22. The van der Waals surface area contributed by atoms with Crippen LogP contribution in [0.4, 0.5) is 0 Å². The van der Waals surface area contributed by atoms with Gasteiger partial charge in [0.05, 0.1) is 0 Å². The van der Waals surface area contributed by atoms with Crippen molar-refractivity contribution in [2.75, 3.05) is 0 Å². The molecule has 0 aliphatic rings. The third-order valence-electron chi connectivity index (χ3n) is 3.02. The van der Waals surface area contributed by atoms with Crippen LogP contribution in [0.3, 0.4) is 0 Å². The van der Waals surface area contributed by atoms with Gasteiger partial charge in [0.1, 0.15) is 5.75 Å². The molecular formula is C16H24O2. The van der Waals surface area contributed by atoms with E-state index in [-0.39, 0.29) is 6.10 Å². The first-order valence-electron chi connectivity index (χ1n) is 7.03. The second-order valence-electron chi connectivity index (χ2n) is 4.66. The molecule has 0 saturated carbocycles. The van der Waals surface area contributed by atoms with Crippen LogP contribution in [0.1, 0.15) is 51.9 Å². The maximum absolute atomic E-state index is 11.0. The van der Waals surface area contributed by atoms with Crippen LogP contribution in [0.15, 0.2) is 30.3 Å². The maximum Gasteiger partial charge on any atom is 0.160 e. The van der Waals surface area contributed by atoms with Gasteiger partial charge in [0.2, 0.25) is 0 Å². The van der Waals surface area contributed by atoms with E-state index in [4.69, 9.17) is 4.74 Å². The Bertz CT molecular complexity index is 308. The van der Waals surface area contributed by atoms with Gasteiger partial charge in [-0.3, -0.25) is 4.79 Å². The highest BCUT2D eigenvalue weighted by Gasteiger charge is 2.08. The number of hydrogen-bond acceptors (Lipinski definition) is 2. The van der Waals surface area contributed by atoms with Gasteiger partial charge in [0.25, 0.3) is 0 Å². The van der Waals surface area contributed by atoms with Gasteiger partial charge in [-0.25, -0.2) is 0 Å². The molecule has 2 nitrogen and oxygen atoms in total. The highest BCUT2D eigenvalue weighted by atomic mass is 16.5. The largest absolute Gasteiger partial charge is 0.483 e. The SMILES string of the molecule is CCCCCCCCC(C=O)Oc1ccccc1. The topological polar surface area (TPSA) is 26.3 Å². The number of benzene rings is 1. The van der Waals surface area contributed by atoms with Crippen molar-refractivity contribution in [3.8, 4) is 5.75 Å². The lowest BCUT2D eigenvalue weighted by Crippen LogP contribution is -2.17. The van der Waals surface area contributed by atoms with E-state index in [1.165, 1.54) is 32.1 Å². The number of hydrogen-bond donors (Lipinski definition) is 0. The first-order chi connectivity index (χ1) is 8.86. The average molecular weight is 248 g/mol.